The van der Waals surface area contributed by atoms with Crippen molar-refractivity contribution in [2.75, 3.05) is 26.2 Å². The Bertz CT molecular complexity index is 889. The van der Waals surface area contributed by atoms with E-state index in [9.17, 15) is 13.2 Å². The maximum atomic E-state index is 12.8. The van der Waals surface area contributed by atoms with Crippen molar-refractivity contribution >= 4 is 31.9 Å². The third-order valence-electron chi connectivity index (χ3n) is 4.59. The van der Waals surface area contributed by atoms with Gasteiger partial charge < -0.3 is 4.90 Å². The van der Waals surface area contributed by atoms with Gasteiger partial charge in [-0.3, -0.25) is 4.79 Å². The largest absolute Gasteiger partial charge is 0.336 e. The molecule has 1 heterocycles. The highest BCUT2D eigenvalue weighted by Gasteiger charge is 2.31. The average Bonchev–Trinajstić information content (AvgIpc) is 2.68. The number of rotatable bonds is 4. The Hall–Kier alpha value is -1.70. The van der Waals surface area contributed by atoms with E-state index in [-0.39, 0.29) is 10.8 Å². The Labute approximate surface area is 162 Å². The minimum atomic E-state index is -3.57. The lowest BCUT2D eigenvalue weighted by Crippen LogP contribution is -2.50. The van der Waals surface area contributed by atoms with E-state index in [0.717, 1.165) is 6.42 Å². The summed E-state index contributed by atoms with van der Waals surface area (Å²) in [6, 6.07) is 14.4. The van der Waals surface area contributed by atoms with Gasteiger partial charge in [-0.15, -0.1) is 0 Å². The van der Waals surface area contributed by atoms with Gasteiger partial charge >= 0.3 is 0 Å². The first kappa shape index (κ1) is 19.1. The van der Waals surface area contributed by atoms with Crippen molar-refractivity contribution in [3.8, 4) is 0 Å². The second-order valence-corrected chi connectivity index (χ2v) is 8.94. The monoisotopic (exact) mass is 436 g/mol. The number of halogens is 1. The molecule has 26 heavy (non-hydrogen) atoms. The van der Waals surface area contributed by atoms with E-state index in [0.29, 0.717) is 36.2 Å². The predicted molar refractivity (Wildman–Crippen MR) is 105 cm³/mol. The summed E-state index contributed by atoms with van der Waals surface area (Å²) in [6.45, 7) is 3.43. The van der Waals surface area contributed by atoms with E-state index >= 15 is 0 Å². The van der Waals surface area contributed by atoms with Crippen LogP contribution in [-0.4, -0.2) is 49.7 Å². The van der Waals surface area contributed by atoms with Crippen LogP contribution >= 0.6 is 15.9 Å². The molecule has 2 aromatic rings. The Balaban J connectivity index is 1.68. The number of aryl methyl sites for hydroxylation is 1. The van der Waals surface area contributed by atoms with Gasteiger partial charge in [-0.25, -0.2) is 8.42 Å². The molecular weight excluding hydrogens is 416 g/mol. The molecule has 0 N–H and O–H groups in total. The molecule has 7 heteroatoms. The summed E-state index contributed by atoms with van der Waals surface area (Å²) in [5.41, 5.74) is 1.83. The van der Waals surface area contributed by atoms with Crippen LogP contribution in [-0.2, 0) is 16.4 Å². The van der Waals surface area contributed by atoms with Crippen LogP contribution in [0.15, 0.2) is 57.9 Å². The van der Waals surface area contributed by atoms with Crippen LogP contribution in [0.25, 0.3) is 0 Å². The number of amides is 1. The SMILES string of the molecule is CCc1ccc(C(=O)N2CCN(S(=O)(=O)c3ccccc3Br)CC2)cc1. The van der Waals surface area contributed by atoms with Crippen LogP contribution in [0, 0.1) is 0 Å². The molecule has 1 aliphatic heterocycles. The van der Waals surface area contributed by atoms with Crippen molar-refractivity contribution in [2.24, 2.45) is 0 Å². The second-order valence-electron chi connectivity index (χ2n) is 6.18. The van der Waals surface area contributed by atoms with Crippen LogP contribution in [0.4, 0.5) is 0 Å². The summed E-state index contributed by atoms with van der Waals surface area (Å²) < 4.78 is 27.6. The molecule has 5 nitrogen and oxygen atoms in total. The van der Waals surface area contributed by atoms with Crippen LogP contribution in [0.1, 0.15) is 22.8 Å². The molecule has 0 radical (unpaired) electrons. The van der Waals surface area contributed by atoms with Crippen molar-refractivity contribution in [1.82, 2.24) is 9.21 Å². The van der Waals surface area contributed by atoms with Gasteiger partial charge in [0, 0.05) is 36.2 Å². The van der Waals surface area contributed by atoms with Gasteiger partial charge in [0.2, 0.25) is 10.0 Å². The Kier molecular flexibility index (Phi) is 5.79. The number of benzene rings is 2. The van der Waals surface area contributed by atoms with Crippen molar-refractivity contribution in [3.63, 3.8) is 0 Å². The summed E-state index contributed by atoms with van der Waals surface area (Å²) >= 11 is 3.31. The fourth-order valence-corrected chi connectivity index (χ4v) is 5.38. The van der Waals surface area contributed by atoms with E-state index in [1.165, 1.54) is 9.87 Å². The fraction of sp³-hybridized carbons (Fsp3) is 0.316. The van der Waals surface area contributed by atoms with Gasteiger partial charge in [-0.1, -0.05) is 31.2 Å². The van der Waals surface area contributed by atoms with Crippen LogP contribution in [0.3, 0.4) is 0 Å². The second kappa shape index (κ2) is 7.90. The van der Waals surface area contributed by atoms with Crippen molar-refractivity contribution in [2.45, 2.75) is 18.2 Å². The number of hydrogen-bond donors (Lipinski definition) is 0. The molecule has 0 aliphatic carbocycles. The molecule has 1 aliphatic rings. The number of carbonyl (C=O) groups is 1. The summed E-state index contributed by atoms with van der Waals surface area (Å²) in [7, 11) is -3.57. The zero-order chi connectivity index (χ0) is 18.7. The van der Waals surface area contributed by atoms with Gasteiger partial charge in [-0.2, -0.15) is 4.31 Å². The minimum Gasteiger partial charge on any atom is -0.336 e. The van der Waals surface area contributed by atoms with Crippen molar-refractivity contribution in [1.29, 1.82) is 0 Å². The molecule has 1 amide bonds. The fourth-order valence-electron chi connectivity index (χ4n) is 2.99. The maximum Gasteiger partial charge on any atom is 0.253 e. The van der Waals surface area contributed by atoms with E-state index in [4.69, 9.17) is 0 Å². The molecule has 2 aromatic carbocycles. The summed E-state index contributed by atoms with van der Waals surface area (Å²) in [5, 5.41) is 0. The Morgan fingerprint density at radius 2 is 1.62 bits per heavy atom. The van der Waals surface area contributed by atoms with Crippen LogP contribution in [0.5, 0.6) is 0 Å². The van der Waals surface area contributed by atoms with Gasteiger partial charge in [-0.05, 0) is 52.2 Å². The lowest BCUT2D eigenvalue weighted by atomic mass is 10.1. The quantitative estimate of drug-likeness (QED) is 0.739. The summed E-state index contributed by atoms with van der Waals surface area (Å²) in [6.07, 6.45) is 0.931. The molecule has 138 valence electrons. The van der Waals surface area contributed by atoms with Gasteiger partial charge in [0.25, 0.3) is 5.91 Å². The Morgan fingerprint density at radius 1 is 1.00 bits per heavy atom. The number of hydrogen-bond acceptors (Lipinski definition) is 3. The number of sulfonamides is 1. The first-order valence-electron chi connectivity index (χ1n) is 8.56. The molecule has 1 saturated heterocycles. The van der Waals surface area contributed by atoms with Crippen molar-refractivity contribution in [3.05, 3.63) is 64.1 Å². The van der Waals surface area contributed by atoms with E-state index in [1.54, 1.807) is 29.2 Å². The topological polar surface area (TPSA) is 57.7 Å². The molecule has 0 spiro atoms. The summed E-state index contributed by atoms with van der Waals surface area (Å²) in [4.78, 5) is 14.6. The van der Waals surface area contributed by atoms with E-state index in [2.05, 4.69) is 22.9 Å². The molecule has 0 unspecified atom stereocenters. The molecule has 0 atom stereocenters. The molecular formula is C19H21BrN2O3S. The predicted octanol–water partition coefficient (Wildman–Crippen LogP) is 3.16. The molecule has 0 bridgehead atoms. The zero-order valence-corrected chi connectivity index (χ0v) is 17.0. The zero-order valence-electron chi connectivity index (χ0n) is 14.6. The molecule has 0 saturated carbocycles. The average molecular weight is 437 g/mol. The highest BCUT2D eigenvalue weighted by molar-refractivity contribution is 9.10. The van der Waals surface area contributed by atoms with Gasteiger partial charge in [0.1, 0.15) is 0 Å². The molecule has 0 aromatic heterocycles. The van der Waals surface area contributed by atoms with E-state index < -0.39 is 10.0 Å². The normalized spacial score (nSPS) is 15.8. The maximum absolute atomic E-state index is 12.8. The smallest absolute Gasteiger partial charge is 0.253 e. The van der Waals surface area contributed by atoms with Crippen LogP contribution < -0.4 is 0 Å². The van der Waals surface area contributed by atoms with Gasteiger partial charge in [0.15, 0.2) is 0 Å². The first-order chi connectivity index (χ1) is 12.4. The highest BCUT2D eigenvalue weighted by Crippen LogP contribution is 2.25. The third kappa shape index (κ3) is 3.84. The Morgan fingerprint density at radius 3 is 2.19 bits per heavy atom. The summed E-state index contributed by atoms with van der Waals surface area (Å²) in [5.74, 6) is -0.0504. The standard InChI is InChI=1S/C19H21BrN2O3S/c1-2-15-7-9-16(10-8-15)19(23)21-11-13-22(14-12-21)26(24,25)18-6-4-3-5-17(18)20/h3-10H,2,11-14H2,1H3. The first-order valence-corrected chi connectivity index (χ1v) is 10.8. The highest BCUT2D eigenvalue weighted by atomic mass is 79.9. The lowest BCUT2D eigenvalue weighted by Gasteiger charge is -2.34. The lowest BCUT2D eigenvalue weighted by molar-refractivity contribution is 0.0698. The number of nitrogens with zero attached hydrogens (tertiary/aromatic N) is 2. The van der Waals surface area contributed by atoms with E-state index in [1.807, 2.05) is 24.3 Å². The van der Waals surface area contributed by atoms with Gasteiger partial charge in [0.05, 0.1) is 4.90 Å². The van der Waals surface area contributed by atoms with Crippen LogP contribution in [0.2, 0.25) is 0 Å². The minimum absolute atomic E-state index is 0.0504. The van der Waals surface area contributed by atoms with Crippen molar-refractivity contribution < 1.29 is 13.2 Å². The number of piperazine rings is 1. The number of carbonyl (C=O) groups excluding carboxylic acids is 1. The molecule has 3 rings (SSSR count). The molecule has 1 fully saturated rings. The third-order valence-corrected chi connectivity index (χ3v) is 7.50.